The van der Waals surface area contributed by atoms with Crippen molar-refractivity contribution in [3.8, 4) is 0 Å². The molecule has 0 aromatic carbocycles. The minimum absolute atomic E-state index is 0.712. The molecular formula is C12H14N4. The van der Waals surface area contributed by atoms with E-state index in [1.54, 1.807) is 6.20 Å². The van der Waals surface area contributed by atoms with Gasteiger partial charge in [-0.25, -0.2) is 0 Å². The van der Waals surface area contributed by atoms with E-state index in [0.717, 1.165) is 17.9 Å². The maximum Gasteiger partial charge on any atom is 0.0769 e. The van der Waals surface area contributed by atoms with Crippen molar-refractivity contribution in [2.24, 2.45) is 0 Å². The van der Waals surface area contributed by atoms with Crippen LogP contribution in [0.25, 0.3) is 0 Å². The number of aryl methyl sites for hydroxylation is 1. The number of nitrogens with one attached hydrogen (secondary N) is 1. The smallest absolute Gasteiger partial charge is 0.0769 e. The standard InChI is InChI=1S/C12H14N4/c1-10-4-5-11(14-7-10)8-13-9-12-3-2-6-15-16-12/h2-7,13H,8-9H2,1H3. The molecule has 0 atom stereocenters. The van der Waals surface area contributed by atoms with Gasteiger partial charge >= 0.3 is 0 Å². The van der Waals surface area contributed by atoms with Gasteiger partial charge < -0.3 is 5.32 Å². The molecule has 0 fully saturated rings. The van der Waals surface area contributed by atoms with Gasteiger partial charge in [0.15, 0.2) is 0 Å². The van der Waals surface area contributed by atoms with Gasteiger partial charge in [0.25, 0.3) is 0 Å². The van der Waals surface area contributed by atoms with Gasteiger partial charge in [0.1, 0.15) is 0 Å². The lowest BCUT2D eigenvalue weighted by Gasteiger charge is -2.03. The summed E-state index contributed by atoms with van der Waals surface area (Å²) in [5, 5.41) is 11.1. The molecule has 0 radical (unpaired) electrons. The zero-order valence-corrected chi connectivity index (χ0v) is 9.22. The highest BCUT2D eigenvalue weighted by molar-refractivity contribution is 5.12. The van der Waals surface area contributed by atoms with Crippen LogP contribution in [0, 0.1) is 6.92 Å². The predicted octanol–water partition coefficient (Wildman–Crippen LogP) is 1.47. The number of hydrogen-bond donors (Lipinski definition) is 1. The molecule has 82 valence electrons. The molecule has 16 heavy (non-hydrogen) atoms. The number of pyridine rings is 1. The van der Waals surface area contributed by atoms with Gasteiger partial charge in [-0.15, -0.1) is 0 Å². The third-order valence-electron chi connectivity index (χ3n) is 2.21. The van der Waals surface area contributed by atoms with Crippen molar-refractivity contribution >= 4 is 0 Å². The van der Waals surface area contributed by atoms with Crippen LogP contribution in [0.2, 0.25) is 0 Å². The molecule has 2 aromatic heterocycles. The van der Waals surface area contributed by atoms with E-state index in [-0.39, 0.29) is 0 Å². The van der Waals surface area contributed by atoms with Crippen molar-refractivity contribution in [1.29, 1.82) is 0 Å². The Bertz CT molecular complexity index is 425. The topological polar surface area (TPSA) is 50.7 Å². The van der Waals surface area contributed by atoms with E-state index in [0.29, 0.717) is 6.54 Å². The molecule has 2 heterocycles. The van der Waals surface area contributed by atoms with Crippen LogP contribution in [0.1, 0.15) is 17.0 Å². The molecule has 0 aliphatic heterocycles. The van der Waals surface area contributed by atoms with E-state index in [4.69, 9.17) is 0 Å². The zero-order chi connectivity index (χ0) is 11.2. The number of rotatable bonds is 4. The molecule has 0 spiro atoms. The SMILES string of the molecule is Cc1ccc(CNCc2cccnn2)nc1. The molecular weight excluding hydrogens is 200 g/mol. The molecule has 0 bridgehead atoms. The highest BCUT2D eigenvalue weighted by Gasteiger charge is 1.95. The molecule has 4 heteroatoms. The summed E-state index contributed by atoms with van der Waals surface area (Å²) in [6.45, 7) is 3.49. The van der Waals surface area contributed by atoms with Gasteiger partial charge in [-0.1, -0.05) is 6.07 Å². The first-order chi connectivity index (χ1) is 7.84. The molecule has 0 amide bonds. The van der Waals surface area contributed by atoms with E-state index < -0.39 is 0 Å². The van der Waals surface area contributed by atoms with E-state index in [1.807, 2.05) is 31.3 Å². The minimum atomic E-state index is 0.712. The van der Waals surface area contributed by atoms with Crippen LogP contribution in [-0.2, 0) is 13.1 Å². The summed E-state index contributed by atoms with van der Waals surface area (Å²) in [7, 11) is 0. The van der Waals surface area contributed by atoms with Crippen LogP contribution in [0.4, 0.5) is 0 Å². The first kappa shape index (κ1) is 10.7. The lowest BCUT2D eigenvalue weighted by molar-refractivity contribution is 0.659. The predicted molar refractivity (Wildman–Crippen MR) is 61.5 cm³/mol. The summed E-state index contributed by atoms with van der Waals surface area (Å²) in [5.41, 5.74) is 3.15. The highest BCUT2D eigenvalue weighted by atomic mass is 15.1. The molecule has 2 rings (SSSR count). The molecule has 4 nitrogen and oxygen atoms in total. The fraction of sp³-hybridized carbons (Fsp3) is 0.250. The van der Waals surface area contributed by atoms with Gasteiger partial charge in [-0.2, -0.15) is 10.2 Å². The Morgan fingerprint density at radius 1 is 1.12 bits per heavy atom. The van der Waals surface area contributed by atoms with Crippen LogP contribution >= 0.6 is 0 Å². The summed E-state index contributed by atoms with van der Waals surface area (Å²) < 4.78 is 0. The van der Waals surface area contributed by atoms with Crippen LogP contribution in [-0.4, -0.2) is 15.2 Å². The third-order valence-corrected chi connectivity index (χ3v) is 2.21. The Kier molecular flexibility index (Phi) is 3.56. The second kappa shape index (κ2) is 5.32. The quantitative estimate of drug-likeness (QED) is 0.837. The van der Waals surface area contributed by atoms with Gasteiger partial charge in [0.2, 0.25) is 0 Å². The highest BCUT2D eigenvalue weighted by Crippen LogP contribution is 1.98. The van der Waals surface area contributed by atoms with Gasteiger partial charge in [0, 0.05) is 25.5 Å². The van der Waals surface area contributed by atoms with Crippen molar-refractivity contribution in [1.82, 2.24) is 20.5 Å². The van der Waals surface area contributed by atoms with Crippen molar-refractivity contribution in [3.63, 3.8) is 0 Å². The lowest BCUT2D eigenvalue weighted by atomic mass is 10.3. The molecule has 2 aromatic rings. The average molecular weight is 214 g/mol. The number of aromatic nitrogens is 3. The van der Waals surface area contributed by atoms with Crippen molar-refractivity contribution in [3.05, 3.63) is 53.6 Å². The summed E-state index contributed by atoms with van der Waals surface area (Å²) in [5.74, 6) is 0. The maximum absolute atomic E-state index is 4.31. The van der Waals surface area contributed by atoms with Crippen LogP contribution < -0.4 is 5.32 Å². The van der Waals surface area contributed by atoms with Gasteiger partial charge in [0.05, 0.1) is 11.4 Å². The fourth-order valence-corrected chi connectivity index (χ4v) is 1.35. The van der Waals surface area contributed by atoms with E-state index >= 15 is 0 Å². The monoisotopic (exact) mass is 214 g/mol. The van der Waals surface area contributed by atoms with E-state index in [9.17, 15) is 0 Å². The fourth-order valence-electron chi connectivity index (χ4n) is 1.35. The first-order valence-corrected chi connectivity index (χ1v) is 5.23. The van der Waals surface area contributed by atoms with Crippen molar-refractivity contribution < 1.29 is 0 Å². The summed E-state index contributed by atoms with van der Waals surface area (Å²) in [4.78, 5) is 4.31. The van der Waals surface area contributed by atoms with E-state index in [1.165, 1.54) is 5.56 Å². The van der Waals surface area contributed by atoms with Gasteiger partial charge in [-0.3, -0.25) is 4.98 Å². The van der Waals surface area contributed by atoms with E-state index in [2.05, 4.69) is 26.6 Å². The van der Waals surface area contributed by atoms with Crippen molar-refractivity contribution in [2.75, 3.05) is 0 Å². The van der Waals surface area contributed by atoms with Crippen molar-refractivity contribution in [2.45, 2.75) is 20.0 Å². The number of nitrogens with zero attached hydrogens (tertiary/aromatic N) is 3. The Labute approximate surface area is 94.8 Å². The molecule has 0 aliphatic carbocycles. The summed E-state index contributed by atoms with van der Waals surface area (Å²) >= 11 is 0. The lowest BCUT2D eigenvalue weighted by Crippen LogP contribution is -2.14. The normalized spacial score (nSPS) is 10.3. The van der Waals surface area contributed by atoms with Crippen LogP contribution in [0.15, 0.2) is 36.7 Å². The zero-order valence-electron chi connectivity index (χ0n) is 9.22. The molecule has 0 saturated carbocycles. The molecule has 0 aliphatic rings. The molecule has 0 saturated heterocycles. The van der Waals surface area contributed by atoms with Crippen LogP contribution in [0.5, 0.6) is 0 Å². The summed E-state index contributed by atoms with van der Waals surface area (Å²) in [6.07, 6.45) is 3.55. The number of hydrogen-bond acceptors (Lipinski definition) is 4. The largest absolute Gasteiger partial charge is 0.305 e. The second-order valence-corrected chi connectivity index (χ2v) is 3.65. The second-order valence-electron chi connectivity index (χ2n) is 3.65. The average Bonchev–Trinajstić information content (AvgIpc) is 2.33. The maximum atomic E-state index is 4.31. The minimum Gasteiger partial charge on any atom is -0.305 e. The molecule has 1 N–H and O–H groups in total. The Morgan fingerprint density at radius 2 is 2.00 bits per heavy atom. The van der Waals surface area contributed by atoms with Gasteiger partial charge in [-0.05, 0) is 30.7 Å². The first-order valence-electron chi connectivity index (χ1n) is 5.23. The Hall–Kier alpha value is -1.81. The Balaban J connectivity index is 1.82. The molecule has 0 unspecified atom stereocenters. The van der Waals surface area contributed by atoms with Crippen LogP contribution in [0.3, 0.4) is 0 Å². The third kappa shape index (κ3) is 3.10. The summed E-state index contributed by atoms with van der Waals surface area (Å²) in [6, 6.07) is 7.92. The Morgan fingerprint density at radius 3 is 2.69 bits per heavy atom.